The average Bonchev–Trinajstić information content (AvgIpc) is 2.45. The van der Waals surface area contributed by atoms with E-state index < -0.39 is 5.97 Å². The highest BCUT2D eigenvalue weighted by molar-refractivity contribution is 6.23. The molecule has 0 fully saturated rings. The lowest BCUT2D eigenvalue weighted by atomic mass is 9.90. The van der Waals surface area contributed by atoms with Crippen LogP contribution in [0, 0.1) is 0 Å². The molecule has 0 atom stereocenters. The zero-order valence-corrected chi connectivity index (χ0v) is 10.8. The third kappa shape index (κ3) is 1.48. The van der Waals surface area contributed by atoms with E-state index in [0.29, 0.717) is 0 Å². The Bertz CT molecular complexity index is 953. The molecule has 0 aliphatic rings. The van der Waals surface area contributed by atoms with Crippen LogP contribution in [0.2, 0.25) is 0 Å². The molecule has 0 aromatic heterocycles. The first kappa shape index (κ1) is 11.2. The van der Waals surface area contributed by atoms with Crippen LogP contribution in [0.4, 0.5) is 0 Å². The summed E-state index contributed by atoms with van der Waals surface area (Å²) in [5, 5.41) is 16.1. The van der Waals surface area contributed by atoms with Gasteiger partial charge in [-0.3, -0.25) is 4.79 Å². The van der Waals surface area contributed by atoms with Crippen molar-refractivity contribution in [3.63, 3.8) is 0 Å². The maximum absolute atomic E-state index is 11.1. The van der Waals surface area contributed by atoms with Crippen LogP contribution in [0.15, 0.2) is 54.6 Å². The molecule has 96 valence electrons. The van der Waals surface area contributed by atoms with Crippen molar-refractivity contribution >= 4 is 38.3 Å². The van der Waals surface area contributed by atoms with Crippen molar-refractivity contribution in [3.05, 3.63) is 60.2 Å². The molecule has 4 rings (SSSR count). The molecular formula is C18H12O2. The summed E-state index contributed by atoms with van der Waals surface area (Å²) in [6.45, 7) is 0. The van der Waals surface area contributed by atoms with Crippen molar-refractivity contribution in [1.82, 2.24) is 0 Å². The fraction of sp³-hybridized carbons (Fsp3) is 0.0556. The van der Waals surface area contributed by atoms with Crippen molar-refractivity contribution in [1.29, 1.82) is 0 Å². The minimum absolute atomic E-state index is 0.0594. The van der Waals surface area contributed by atoms with Crippen LogP contribution in [0.5, 0.6) is 0 Å². The van der Waals surface area contributed by atoms with Crippen molar-refractivity contribution in [2.24, 2.45) is 0 Å². The Hall–Kier alpha value is -2.61. The van der Waals surface area contributed by atoms with E-state index in [1.165, 1.54) is 21.5 Å². The van der Waals surface area contributed by atoms with Crippen LogP contribution in [-0.2, 0) is 11.2 Å². The van der Waals surface area contributed by atoms with Gasteiger partial charge in [-0.25, -0.2) is 0 Å². The van der Waals surface area contributed by atoms with Crippen LogP contribution in [0.1, 0.15) is 5.56 Å². The second kappa shape index (κ2) is 3.94. The van der Waals surface area contributed by atoms with Gasteiger partial charge in [0.1, 0.15) is 0 Å². The predicted molar refractivity (Wildman–Crippen MR) is 81.5 cm³/mol. The lowest BCUT2D eigenvalue weighted by Gasteiger charge is -2.13. The van der Waals surface area contributed by atoms with Crippen LogP contribution >= 0.6 is 0 Å². The summed E-state index contributed by atoms with van der Waals surface area (Å²) in [4.78, 5) is 11.1. The number of hydrogen-bond acceptors (Lipinski definition) is 1. The summed E-state index contributed by atoms with van der Waals surface area (Å²) < 4.78 is 0. The standard InChI is InChI=1S/C18H12O2/c19-16(20)10-14-9-13-5-1-3-11-7-8-12-4-2-6-15(14)18(12)17(11)13/h1-9H,10H2,(H,19,20). The SMILES string of the molecule is O=C(O)Cc1cc2cccc3ccc4cccc1c4c32. The highest BCUT2D eigenvalue weighted by Gasteiger charge is 2.12. The van der Waals surface area contributed by atoms with Gasteiger partial charge in [-0.15, -0.1) is 0 Å². The van der Waals surface area contributed by atoms with Crippen molar-refractivity contribution in [2.75, 3.05) is 0 Å². The molecule has 0 aliphatic heterocycles. The molecule has 0 radical (unpaired) electrons. The lowest BCUT2D eigenvalue weighted by molar-refractivity contribution is -0.136. The summed E-state index contributed by atoms with van der Waals surface area (Å²) in [6, 6.07) is 18.5. The first-order chi connectivity index (χ1) is 9.74. The Morgan fingerprint density at radius 1 is 0.850 bits per heavy atom. The summed E-state index contributed by atoms with van der Waals surface area (Å²) in [5.41, 5.74) is 0.884. The summed E-state index contributed by atoms with van der Waals surface area (Å²) in [5.74, 6) is -0.792. The molecule has 0 unspecified atom stereocenters. The normalized spacial score (nSPS) is 11.6. The number of benzene rings is 4. The van der Waals surface area contributed by atoms with E-state index in [1.54, 1.807) is 0 Å². The van der Waals surface area contributed by atoms with Gasteiger partial charge < -0.3 is 5.11 Å². The Morgan fingerprint density at radius 2 is 1.50 bits per heavy atom. The van der Waals surface area contributed by atoms with E-state index in [1.807, 2.05) is 24.3 Å². The Kier molecular flexibility index (Phi) is 2.21. The monoisotopic (exact) mass is 260 g/mol. The van der Waals surface area contributed by atoms with E-state index in [4.69, 9.17) is 5.11 Å². The molecule has 0 saturated heterocycles. The molecule has 2 nitrogen and oxygen atoms in total. The lowest BCUT2D eigenvalue weighted by Crippen LogP contribution is -2.01. The van der Waals surface area contributed by atoms with Gasteiger partial charge in [0.25, 0.3) is 0 Å². The third-order valence-corrected chi connectivity index (χ3v) is 3.94. The molecule has 2 heteroatoms. The van der Waals surface area contributed by atoms with Crippen LogP contribution in [0.3, 0.4) is 0 Å². The van der Waals surface area contributed by atoms with Gasteiger partial charge in [0, 0.05) is 0 Å². The number of aliphatic carboxylic acids is 1. The maximum atomic E-state index is 11.1. The molecule has 20 heavy (non-hydrogen) atoms. The van der Waals surface area contributed by atoms with Crippen LogP contribution in [0.25, 0.3) is 32.3 Å². The second-order valence-corrected chi connectivity index (χ2v) is 5.15. The molecule has 0 aliphatic carbocycles. The Morgan fingerprint density at radius 3 is 2.25 bits per heavy atom. The number of hydrogen-bond donors (Lipinski definition) is 1. The third-order valence-electron chi connectivity index (χ3n) is 3.94. The minimum Gasteiger partial charge on any atom is -0.481 e. The molecule has 0 bridgehead atoms. The predicted octanol–water partition coefficient (Wildman–Crippen LogP) is 4.21. The molecule has 0 amide bonds. The number of carboxylic acid groups (broad SMARTS) is 1. The molecule has 0 heterocycles. The molecule has 4 aromatic rings. The van der Waals surface area contributed by atoms with Crippen molar-refractivity contribution in [3.8, 4) is 0 Å². The van der Waals surface area contributed by atoms with Crippen molar-refractivity contribution < 1.29 is 9.90 Å². The Labute approximate surface area is 115 Å². The van der Waals surface area contributed by atoms with Crippen LogP contribution < -0.4 is 0 Å². The van der Waals surface area contributed by atoms with Gasteiger partial charge >= 0.3 is 5.97 Å². The Balaban J connectivity index is 2.27. The summed E-state index contributed by atoms with van der Waals surface area (Å²) in [7, 11) is 0. The zero-order chi connectivity index (χ0) is 13.7. The number of carbonyl (C=O) groups is 1. The first-order valence-electron chi connectivity index (χ1n) is 6.61. The molecule has 0 saturated carbocycles. The van der Waals surface area contributed by atoms with E-state index in [9.17, 15) is 4.79 Å². The quantitative estimate of drug-likeness (QED) is 0.548. The van der Waals surface area contributed by atoms with Gasteiger partial charge in [-0.2, -0.15) is 0 Å². The fourth-order valence-electron chi connectivity index (χ4n) is 3.15. The van der Waals surface area contributed by atoms with Gasteiger partial charge in [0.15, 0.2) is 0 Å². The van der Waals surface area contributed by atoms with Gasteiger partial charge in [0.2, 0.25) is 0 Å². The zero-order valence-electron chi connectivity index (χ0n) is 10.8. The number of rotatable bonds is 2. The van der Waals surface area contributed by atoms with E-state index in [0.717, 1.165) is 16.3 Å². The smallest absolute Gasteiger partial charge is 0.307 e. The summed E-state index contributed by atoms with van der Waals surface area (Å²) in [6.07, 6.45) is 0.0594. The molecule has 0 spiro atoms. The first-order valence-corrected chi connectivity index (χ1v) is 6.61. The van der Waals surface area contributed by atoms with Gasteiger partial charge in [-0.1, -0.05) is 48.5 Å². The largest absolute Gasteiger partial charge is 0.481 e. The molecule has 1 N–H and O–H groups in total. The molecule has 4 aromatic carbocycles. The topological polar surface area (TPSA) is 37.3 Å². The fourth-order valence-corrected chi connectivity index (χ4v) is 3.15. The van der Waals surface area contributed by atoms with E-state index in [2.05, 4.69) is 30.3 Å². The number of carboxylic acids is 1. The maximum Gasteiger partial charge on any atom is 0.307 e. The minimum atomic E-state index is -0.792. The van der Waals surface area contributed by atoms with E-state index >= 15 is 0 Å². The highest BCUT2D eigenvalue weighted by atomic mass is 16.4. The van der Waals surface area contributed by atoms with Crippen LogP contribution in [-0.4, -0.2) is 11.1 Å². The van der Waals surface area contributed by atoms with E-state index in [-0.39, 0.29) is 6.42 Å². The highest BCUT2D eigenvalue weighted by Crippen LogP contribution is 2.36. The molecular weight excluding hydrogens is 248 g/mol. The second-order valence-electron chi connectivity index (χ2n) is 5.15. The van der Waals surface area contributed by atoms with Gasteiger partial charge in [0.05, 0.1) is 6.42 Å². The van der Waals surface area contributed by atoms with Gasteiger partial charge in [-0.05, 0) is 43.9 Å². The average molecular weight is 260 g/mol. The van der Waals surface area contributed by atoms with Crippen molar-refractivity contribution in [2.45, 2.75) is 6.42 Å². The summed E-state index contributed by atoms with van der Waals surface area (Å²) >= 11 is 0.